The summed E-state index contributed by atoms with van der Waals surface area (Å²) in [5, 5.41) is 2.51. The number of rotatable bonds is 1. The van der Waals surface area contributed by atoms with E-state index in [9.17, 15) is 0 Å². The van der Waals surface area contributed by atoms with Crippen molar-refractivity contribution in [1.29, 1.82) is 0 Å². The third kappa shape index (κ3) is 1.69. The molecular weight excluding hydrogens is 264 g/mol. The molecule has 1 saturated heterocycles. The lowest BCUT2D eigenvalue weighted by atomic mass is 10.1. The highest BCUT2D eigenvalue weighted by Crippen LogP contribution is 2.29. The number of hydrogen-bond donors (Lipinski definition) is 0. The molecule has 2 aromatic rings. The van der Waals surface area contributed by atoms with E-state index >= 15 is 0 Å². The Labute approximate surface area is 103 Å². The van der Waals surface area contributed by atoms with Crippen LogP contribution in [0.2, 0.25) is 0 Å². The number of anilines is 1. The minimum absolute atomic E-state index is 1.12. The van der Waals surface area contributed by atoms with Crippen LogP contribution in [0.15, 0.2) is 34.9 Å². The molecule has 82 valence electrons. The Hall–Kier alpha value is -1.09. The van der Waals surface area contributed by atoms with Crippen LogP contribution in [0.5, 0.6) is 0 Å². The summed E-state index contributed by atoms with van der Waals surface area (Å²) in [5.41, 5.74) is 0. The first-order valence-electron chi connectivity index (χ1n) is 5.64. The highest BCUT2D eigenvalue weighted by atomic mass is 79.9. The summed E-state index contributed by atoms with van der Waals surface area (Å²) >= 11 is 3.53. The highest BCUT2D eigenvalue weighted by molar-refractivity contribution is 9.10. The van der Waals surface area contributed by atoms with Gasteiger partial charge in [-0.3, -0.25) is 0 Å². The average molecular weight is 277 g/mol. The van der Waals surface area contributed by atoms with E-state index in [4.69, 9.17) is 0 Å². The van der Waals surface area contributed by atoms with E-state index in [1.807, 2.05) is 6.20 Å². The molecule has 0 amide bonds. The van der Waals surface area contributed by atoms with Crippen molar-refractivity contribution in [2.75, 3.05) is 18.0 Å². The van der Waals surface area contributed by atoms with E-state index in [0.717, 1.165) is 23.4 Å². The summed E-state index contributed by atoms with van der Waals surface area (Å²) in [6.07, 6.45) is 4.47. The van der Waals surface area contributed by atoms with Gasteiger partial charge in [-0.25, -0.2) is 4.98 Å². The van der Waals surface area contributed by atoms with Crippen molar-refractivity contribution < 1.29 is 0 Å². The number of nitrogens with zero attached hydrogens (tertiary/aromatic N) is 2. The van der Waals surface area contributed by atoms with Crippen LogP contribution in [0.1, 0.15) is 12.8 Å². The summed E-state index contributed by atoms with van der Waals surface area (Å²) in [4.78, 5) is 6.92. The topological polar surface area (TPSA) is 16.1 Å². The Morgan fingerprint density at radius 3 is 2.75 bits per heavy atom. The fraction of sp³-hybridized carbons (Fsp3) is 0.308. The second-order valence-corrected chi connectivity index (χ2v) is 5.11. The Kier molecular flexibility index (Phi) is 2.56. The monoisotopic (exact) mass is 276 g/mol. The zero-order chi connectivity index (χ0) is 11.0. The SMILES string of the molecule is Brc1ccc2ccnc(N3CCCC3)c2c1. The average Bonchev–Trinajstić information content (AvgIpc) is 2.81. The van der Waals surface area contributed by atoms with Gasteiger partial charge in [0.05, 0.1) is 0 Å². The lowest BCUT2D eigenvalue weighted by molar-refractivity contribution is 0.946. The maximum Gasteiger partial charge on any atom is 0.136 e. The van der Waals surface area contributed by atoms with Gasteiger partial charge in [-0.05, 0) is 36.4 Å². The first-order chi connectivity index (χ1) is 7.84. The van der Waals surface area contributed by atoms with Gasteiger partial charge < -0.3 is 4.90 Å². The van der Waals surface area contributed by atoms with Crippen LogP contribution < -0.4 is 4.90 Å². The van der Waals surface area contributed by atoms with Gasteiger partial charge in [-0.15, -0.1) is 0 Å². The molecule has 1 fully saturated rings. The summed E-state index contributed by atoms with van der Waals surface area (Å²) in [5.74, 6) is 1.14. The Morgan fingerprint density at radius 1 is 1.12 bits per heavy atom. The van der Waals surface area contributed by atoms with Crippen molar-refractivity contribution in [1.82, 2.24) is 4.98 Å². The summed E-state index contributed by atoms with van der Waals surface area (Å²) < 4.78 is 1.12. The van der Waals surface area contributed by atoms with Crippen LogP contribution in [-0.2, 0) is 0 Å². The smallest absolute Gasteiger partial charge is 0.136 e. The van der Waals surface area contributed by atoms with Gasteiger partial charge in [0.15, 0.2) is 0 Å². The summed E-state index contributed by atoms with van der Waals surface area (Å²) in [6.45, 7) is 2.28. The lowest BCUT2D eigenvalue weighted by Gasteiger charge is -2.18. The minimum atomic E-state index is 1.12. The van der Waals surface area contributed by atoms with E-state index in [1.165, 1.54) is 23.6 Å². The summed E-state index contributed by atoms with van der Waals surface area (Å²) in [7, 11) is 0. The second kappa shape index (κ2) is 4.06. The van der Waals surface area contributed by atoms with Crippen LogP contribution in [0.25, 0.3) is 10.8 Å². The number of benzene rings is 1. The lowest BCUT2D eigenvalue weighted by Crippen LogP contribution is -2.19. The zero-order valence-corrected chi connectivity index (χ0v) is 10.6. The Morgan fingerprint density at radius 2 is 1.94 bits per heavy atom. The van der Waals surface area contributed by atoms with Gasteiger partial charge in [0.1, 0.15) is 5.82 Å². The molecule has 3 heteroatoms. The maximum atomic E-state index is 4.54. The van der Waals surface area contributed by atoms with E-state index in [-0.39, 0.29) is 0 Å². The predicted octanol–water partition coefficient (Wildman–Crippen LogP) is 3.60. The van der Waals surface area contributed by atoms with Gasteiger partial charge in [0.25, 0.3) is 0 Å². The van der Waals surface area contributed by atoms with Crippen molar-refractivity contribution >= 4 is 32.5 Å². The standard InChI is InChI=1S/C13H13BrN2/c14-11-4-3-10-5-6-15-13(12(10)9-11)16-7-1-2-8-16/h3-6,9H,1-2,7-8H2. The normalized spacial score (nSPS) is 15.9. The van der Waals surface area contributed by atoms with Crippen LogP contribution in [0.4, 0.5) is 5.82 Å². The van der Waals surface area contributed by atoms with Crippen LogP contribution in [-0.4, -0.2) is 18.1 Å². The molecule has 0 atom stereocenters. The number of aromatic nitrogens is 1. The molecule has 1 aromatic heterocycles. The number of halogens is 1. The third-order valence-electron chi connectivity index (χ3n) is 3.11. The Balaban J connectivity index is 2.18. The molecule has 0 N–H and O–H groups in total. The second-order valence-electron chi connectivity index (χ2n) is 4.19. The molecule has 0 aliphatic carbocycles. The van der Waals surface area contributed by atoms with Gasteiger partial charge in [0.2, 0.25) is 0 Å². The molecular formula is C13H13BrN2. The first-order valence-corrected chi connectivity index (χ1v) is 6.43. The van der Waals surface area contributed by atoms with Crippen molar-refractivity contribution in [3.05, 3.63) is 34.9 Å². The third-order valence-corrected chi connectivity index (χ3v) is 3.61. The van der Waals surface area contributed by atoms with Gasteiger partial charge >= 0.3 is 0 Å². The van der Waals surface area contributed by atoms with Crippen LogP contribution in [0, 0.1) is 0 Å². The van der Waals surface area contributed by atoms with E-state index in [2.05, 4.69) is 50.1 Å². The molecule has 2 nitrogen and oxygen atoms in total. The van der Waals surface area contributed by atoms with E-state index < -0.39 is 0 Å². The fourth-order valence-electron chi connectivity index (χ4n) is 2.31. The molecule has 0 radical (unpaired) electrons. The molecule has 1 aromatic carbocycles. The predicted molar refractivity (Wildman–Crippen MR) is 70.9 cm³/mol. The zero-order valence-electron chi connectivity index (χ0n) is 8.99. The quantitative estimate of drug-likeness (QED) is 0.791. The molecule has 1 aliphatic heterocycles. The molecule has 0 spiro atoms. The maximum absolute atomic E-state index is 4.54. The van der Waals surface area contributed by atoms with Crippen molar-refractivity contribution in [2.24, 2.45) is 0 Å². The molecule has 1 aliphatic rings. The molecule has 0 bridgehead atoms. The van der Waals surface area contributed by atoms with E-state index in [0.29, 0.717) is 0 Å². The van der Waals surface area contributed by atoms with Crippen LogP contribution >= 0.6 is 15.9 Å². The largest absolute Gasteiger partial charge is 0.356 e. The van der Waals surface area contributed by atoms with Crippen molar-refractivity contribution in [2.45, 2.75) is 12.8 Å². The molecule has 0 unspecified atom stereocenters. The fourth-order valence-corrected chi connectivity index (χ4v) is 2.67. The van der Waals surface area contributed by atoms with Crippen LogP contribution in [0.3, 0.4) is 0 Å². The van der Waals surface area contributed by atoms with Gasteiger partial charge in [-0.1, -0.05) is 22.0 Å². The van der Waals surface area contributed by atoms with Crippen molar-refractivity contribution in [3.63, 3.8) is 0 Å². The molecule has 2 heterocycles. The molecule has 16 heavy (non-hydrogen) atoms. The molecule has 3 rings (SSSR count). The first kappa shape index (κ1) is 10.1. The van der Waals surface area contributed by atoms with E-state index in [1.54, 1.807) is 0 Å². The highest BCUT2D eigenvalue weighted by Gasteiger charge is 2.15. The van der Waals surface area contributed by atoms with Crippen molar-refractivity contribution in [3.8, 4) is 0 Å². The molecule has 0 saturated carbocycles. The number of hydrogen-bond acceptors (Lipinski definition) is 2. The van der Waals surface area contributed by atoms with Gasteiger partial charge in [0, 0.05) is 29.1 Å². The van der Waals surface area contributed by atoms with Gasteiger partial charge in [-0.2, -0.15) is 0 Å². The Bertz CT molecular complexity index is 518. The number of fused-ring (bicyclic) bond motifs is 1. The summed E-state index contributed by atoms with van der Waals surface area (Å²) in [6, 6.07) is 8.45. The minimum Gasteiger partial charge on any atom is -0.356 e. The number of pyridine rings is 1.